The van der Waals surface area contributed by atoms with Crippen molar-refractivity contribution in [3.8, 4) is 0 Å². The van der Waals surface area contributed by atoms with E-state index >= 15 is 0 Å². The Bertz CT molecular complexity index is 464. The van der Waals surface area contributed by atoms with Crippen LogP contribution in [0.2, 0.25) is 10.4 Å². The number of nitrogens with zero attached hydrogens (tertiary/aromatic N) is 2. The number of nitrogens with one attached hydrogen (secondary N) is 2. The van der Waals surface area contributed by atoms with Crippen molar-refractivity contribution >= 4 is 51.9 Å². The molecule has 1 aliphatic heterocycles. The smallest absolute Gasteiger partial charge is 0.279 e. The molecule has 2 heterocycles. The highest BCUT2D eigenvalue weighted by Gasteiger charge is 2.28. The van der Waals surface area contributed by atoms with E-state index in [0.717, 1.165) is 11.8 Å². The number of anilines is 1. The maximum absolute atomic E-state index is 11.7. The zero-order valence-electron chi connectivity index (χ0n) is 8.24. The second-order valence-corrected chi connectivity index (χ2v) is 4.85. The lowest BCUT2D eigenvalue weighted by Gasteiger charge is -2.09. The lowest BCUT2D eigenvalue weighted by atomic mass is 10.3. The molecule has 1 aliphatic rings. The average Bonchev–Trinajstić information content (AvgIpc) is 2.63. The van der Waals surface area contributed by atoms with Crippen LogP contribution in [-0.4, -0.2) is 32.9 Å². The van der Waals surface area contributed by atoms with Gasteiger partial charge in [-0.15, -0.1) is 0 Å². The molecule has 0 saturated carbocycles. The monoisotopic (exact) mass is 292 g/mol. The van der Waals surface area contributed by atoms with Gasteiger partial charge in [0.05, 0.1) is 0 Å². The van der Waals surface area contributed by atoms with Gasteiger partial charge < -0.3 is 10.6 Å². The summed E-state index contributed by atoms with van der Waals surface area (Å²) in [6.07, 6.45) is 0. The molecule has 1 aromatic heterocycles. The second-order valence-electron chi connectivity index (χ2n) is 3.13. The lowest BCUT2D eigenvalue weighted by molar-refractivity contribution is -0.117. The summed E-state index contributed by atoms with van der Waals surface area (Å²) in [6.45, 7) is 0. The number of aromatic nitrogens is 2. The van der Waals surface area contributed by atoms with Gasteiger partial charge in [0.15, 0.2) is 0 Å². The van der Waals surface area contributed by atoms with E-state index in [0.29, 0.717) is 5.75 Å². The van der Waals surface area contributed by atoms with Crippen LogP contribution in [0.4, 0.5) is 10.6 Å². The van der Waals surface area contributed by atoms with E-state index in [9.17, 15) is 9.59 Å². The van der Waals surface area contributed by atoms with Crippen molar-refractivity contribution in [2.24, 2.45) is 0 Å². The van der Waals surface area contributed by atoms with Crippen LogP contribution in [0, 0.1) is 0 Å². The molecule has 90 valence electrons. The van der Waals surface area contributed by atoms with Crippen molar-refractivity contribution in [2.75, 3.05) is 11.1 Å². The third-order valence-electron chi connectivity index (χ3n) is 1.91. The first-order valence-corrected chi connectivity index (χ1v) is 6.23. The fourth-order valence-corrected chi connectivity index (χ4v) is 2.38. The Morgan fingerprint density at radius 1 is 1.53 bits per heavy atom. The Kier molecular flexibility index (Phi) is 3.70. The molecule has 17 heavy (non-hydrogen) atoms. The molecule has 0 aliphatic carbocycles. The van der Waals surface area contributed by atoms with Gasteiger partial charge in [-0.2, -0.15) is 0 Å². The minimum atomic E-state index is -0.569. The molecule has 1 aromatic rings. The second kappa shape index (κ2) is 5.07. The van der Waals surface area contributed by atoms with Gasteiger partial charge in [0.1, 0.15) is 17.0 Å². The van der Waals surface area contributed by atoms with Crippen molar-refractivity contribution < 1.29 is 9.59 Å². The normalized spacial score (nSPS) is 18.9. The zero-order chi connectivity index (χ0) is 12.4. The maximum atomic E-state index is 11.7. The van der Waals surface area contributed by atoms with E-state index in [2.05, 4.69) is 20.6 Å². The summed E-state index contributed by atoms with van der Waals surface area (Å²) in [5.74, 6) is 0.220. The number of thioether (sulfide) groups is 1. The predicted octanol–water partition coefficient (Wildman–Crippen LogP) is 1.55. The fourth-order valence-electron chi connectivity index (χ4n) is 1.19. The summed E-state index contributed by atoms with van der Waals surface area (Å²) in [4.78, 5) is 30.0. The first-order chi connectivity index (χ1) is 8.04. The average molecular weight is 293 g/mol. The summed E-state index contributed by atoms with van der Waals surface area (Å²) in [7, 11) is 0. The number of carbonyl (C=O) groups is 2. The molecular formula is C8H6Cl2N4O2S. The number of rotatable bonds is 2. The summed E-state index contributed by atoms with van der Waals surface area (Å²) in [5, 5.41) is 4.86. The summed E-state index contributed by atoms with van der Waals surface area (Å²) >= 11 is 12.3. The minimum absolute atomic E-state index is 0.0577. The quantitative estimate of drug-likeness (QED) is 0.638. The van der Waals surface area contributed by atoms with Crippen LogP contribution >= 0.6 is 35.0 Å². The van der Waals surface area contributed by atoms with Gasteiger partial charge in [-0.1, -0.05) is 23.4 Å². The van der Waals surface area contributed by atoms with Gasteiger partial charge in [-0.3, -0.25) is 9.59 Å². The highest BCUT2D eigenvalue weighted by Crippen LogP contribution is 2.17. The van der Waals surface area contributed by atoms with Crippen LogP contribution in [0.25, 0.3) is 0 Å². The van der Waals surface area contributed by atoms with Gasteiger partial charge in [-0.25, -0.2) is 9.97 Å². The van der Waals surface area contributed by atoms with Crippen molar-refractivity contribution in [3.05, 3.63) is 16.5 Å². The molecular weight excluding hydrogens is 287 g/mol. The molecule has 0 spiro atoms. The third kappa shape index (κ3) is 3.21. The first kappa shape index (κ1) is 12.4. The molecule has 0 aromatic carbocycles. The van der Waals surface area contributed by atoms with Crippen LogP contribution < -0.4 is 10.6 Å². The van der Waals surface area contributed by atoms with Crippen molar-refractivity contribution in [2.45, 2.75) is 6.04 Å². The Balaban J connectivity index is 2.05. The van der Waals surface area contributed by atoms with E-state index < -0.39 is 6.04 Å². The van der Waals surface area contributed by atoms with Gasteiger partial charge in [0, 0.05) is 11.8 Å². The van der Waals surface area contributed by atoms with E-state index in [1.807, 2.05) is 0 Å². The maximum Gasteiger partial charge on any atom is 0.279 e. The van der Waals surface area contributed by atoms with E-state index in [1.54, 1.807) is 0 Å². The minimum Gasteiger partial charge on any atom is -0.334 e. The van der Waals surface area contributed by atoms with Gasteiger partial charge in [-0.05, 0) is 11.6 Å². The van der Waals surface area contributed by atoms with Gasteiger partial charge in [0.25, 0.3) is 5.24 Å². The predicted molar refractivity (Wildman–Crippen MR) is 65.5 cm³/mol. The van der Waals surface area contributed by atoms with Gasteiger partial charge >= 0.3 is 0 Å². The molecule has 2 rings (SSSR count). The van der Waals surface area contributed by atoms with Crippen molar-refractivity contribution in [1.82, 2.24) is 15.3 Å². The Hall–Kier alpha value is -1.05. The van der Waals surface area contributed by atoms with E-state index in [4.69, 9.17) is 23.2 Å². The topological polar surface area (TPSA) is 84.0 Å². The molecule has 0 bridgehead atoms. The Morgan fingerprint density at radius 3 is 2.88 bits per heavy atom. The summed E-state index contributed by atoms with van der Waals surface area (Å²) in [6, 6.07) is 0.801. The van der Waals surface area contributed by atoms with Crippen LogP contribution in [-0.2, 0) is 4.79 Å². The standard InChI is InChI=1S/C8H6Cl2N4O2S/c9-4-1-5(14-7(10)12-4)13-6(15)3-2-17-8(16)11-3/h1,3H,2H2,(H,11,16)(H,12,13,14,15). The van der Waals surface area contributed by atoms with Crippen molar-refractivity contribution in [3.63, 3.8) is 0 Å². The molecule has 9 heteroatoms. The van der Waals surface area contributed by atoms with Crippen molar-refractivity contribution in [1.29, 1.82) is 0 Å². The molecule has 2 amide bonds. The highest BCUT2D eigenvalue weighted by atomic mass is 35.5. The van der Waals surface area contributed by atoms with E-state index in [1.165, 1.54) is 6.07 Å². The first-order valence-electron chi connectivity index (χ1n) is 4.49. The summed E-state index contributed by atoms with van der Waals surface area (Å²) < 4.78 is 0. The number of carbonyl (C=O) groups excluding carboxylic acids is 2. The Morgan fingerprint density at radius 2 is 2.29 bits per heavy atom. The molecule has 1 saturated heterocycles. The fraction of sp³-hybridized carbons (Fsp3) is 0.250. The lowest BCUT2D eigenvalue weighted by Crippen LogP contribution is -2.38. The molecule has 1 atom stereocenters. The van der Waals surface area contributed by atoms with E-state index in [-0.39, 0.29) is 27.4 Å². The molecule has 2 N–H and O–H groups in total. The van der Waals surface area contributed by atoms with Gasteiger partial charge in [0.2, 0.25) is 11.2 Å². The number of hydrogen-bond acceptors (Lipinski definition) is 5. The van der Waals surface area contributed by atoms with Crippen LogP contribution in [0.1, 0.15) is 0 Å². The molecule has 1 fully saturated rings. The SMILES string of the molecule is O=C1NC(C(=O)Nc2cc(Cl)nc(Cl)n2)CS1. The van der Waals surface area contributed by atoms with Crippen LogP contribution in [0.15, 0.2) is 6.07 Å². The number of halogens is 2. The molecule has 1 unspecified atom stereocenters. The summed E-state index contributed by atoms with van der Waals surface area (Å²) in [5.41, 5.74) is 0. The number of hydrogen-bond donors (Lipinski definition) is 2. The zero-order valence-corrected chi connectivity index (χ0v) is 10.6. The number of amides is 2. The Labute approximate surface area is 110 Å². The largest absolute Gasteiger partial charge is 0.334 e. The third-order valence-corrected chi connectivity index (χ3v) is 3.15. The molecule has 6 nitrogen and oxygen atoms in total. The highest BCUT2D eigenvalue weighted by molar-refractivity contribution is 8.14. The molecule has 0 radical (unpaired) electrons. The van der Waals surface area contributed by atoms with Crippen LogP contribution in [0.3, 0.4) is 0 Å². The van der Waals surface area contributed by atoms with Crippen LogP contribution in [0.5, 0.6) is 0 Å².